The number of hydrogen-bond donors (Lipinski definition) is 2. The third kappa shape index (κ3) is 3.69. The Morgan fingerprint density at radius 2 is 2.43 bits per heavy atom. The molecule has 0 aromatic carbocycles. The minimum Gasteiger partial charge on any atom is -0.393 e. The number of aliphatic hydroxyl groups is 1. The summed E-state index contributed by atoms with van der Waals surface area (Å²) < 4.78 is 13.4. The van der Waals surface area contributed by atoms with Crippen LogP contribution >= 0.6 is 0 Å². The summed E-state index contributed by atoms with van der Waals surface area (Å²) in [4.78, 5) is 18.2. The van der Waals surface area contributed by atoms with Crippen molar-refractivity contribution in [2.75, 3.05) is 25.0 Å². The highest BCUT2D eigenvalue weighted by Crippen LogP contribution is 2.24. The molecule has 1 fully saturated rings. The van der Waals surface area contributed by atoms with Gasteiger partial charge in [-0.05, 0) is 25.8 Å². The van der Waals surface area contributed by atoms with Gasteiger partial charge in [-0.1, -0.05) is 6.92 Å². The molecule has 116 valence electrons. The van der Waals surface area contributed by atoms with Crippen molar-refractivity contribution in [1.82, 2.24) is 9.88 Å². The summed E-state index contributed by atoms with van der Waals surface area (Å²) in [6.45, 7) is 5.50. The van der Waals surface area contributed by atoms with Gasteiger partial charge in [-0.3, -0.25) is 4.79 Å². The maximum atomic E-state index is 13.4. The molecule has 1 amide bonds. The second kappa shape index (κ2) is 6.85. The minimum absolute atomic E-state index is 0.0857. The Hall–Kier alpha value is -1.69. The molecule has 1 aromatic rings. The first kappa shape index (κ1) is 15.7. The van der Waals surface area contributed by atoms with E-state index in [0.29, 0.717) is 25.5 Å². The summed E-state index contributed by atoms with van der Waals surface area (Å²) in [5.74, 6) is -0.248. The molecular formula is C15H22FN3O2. The molecule has 21 heavy (non-hydrogen) atoms. The molecule has 0 saturated carbocycles. The number of carbonyl (C=O) groups is 1. The zero-order valence-corrected chi connectivity index (χ0v) is 12.5. The summed E-state index contributed by atoms with van der Waals surface area (Å²) in [5, 5.41) is 12.7. The van der Waals surface area contributed by atoms with Gasteiger partial charge in [0.25, 0.3) is 5.91 Å². The number of likely N-dealkylation sites (tertiary alicyclic amines) is 1. The molecule has 0 spiro atoms. The molecule has 1 aliphatic heterocycles. The van der Waals surface area contributed by atoms with Crippen molar-refractivity contribution in [3.05, 3.63) is 23.6 Å². The molecule has 0 bridgehead atoms. The molecule has 1 aromatic heterocycles. The number of carbonyl (C=O) groups excluding carboxylic acids is 1. The average Bonchev–Trinajstić information content (AvgIpc) is 2.95. The number of pyridine rings is 1. The van der Waals surface area contributed by atoms with Gasteiger partial charge in [0.15, 0.2) is 0 Å². The maximum absolute atomic E-state index is 13.4. The van der Waals surface area contributed by atoms with E-state index < -0.39 is 11.9 Å². The topological polar surface area (TPSA) is 65.5 Å². The van der Waals surface area contributed by atoms with E-state index in [1.54, 1.807) is 11.8 Å². The quantitative estimate of drug-likeness (QED) is 0.870. The summed E-state index contributed by atoms with van der Waals surface area (Å²) in [6.07, 6.45) is 2.33. The predicted octanol–water partition coefficient (Wildman–Crippen LogP) is 1.89. The van der Waals surface area contributed by atoms with E-state index in [0.717, 1.165) is 19.0 Å². The highest BCUT2D eigenvalue weighted by atomic mass is 19.1. The number of anilines is 1. The summed E-state index contributed by atoms with van der Waals surface area (Å²) in [5.41, 5.74) is 0.259. The van der Waals surface area contributed by atoms with Crippen LogP contribution in [-0.4, -0.2) is 46.6 Å². The Morgan fingerprint density at radius 3 is 3.05 bits per heavy atom. The number of amides is 1. The van der Waals surface area contributed by atoms with Crippen molar-refractivity contribution < 1.29 is 14.3 Å². The van der Waals surface area contributed by atoms with Gasteiger partial charge >= 0.3 is 0 Å². The molecule has 1 saturated heterocycles. The maximum Gasteiger partial charge on any atom is 0.257 e. The lowest BCUT2D eigenvalue weighted by Gasteiger charge is -2.19. The van der Waals surface area contributed by atoms with Gasteiger partial charge in [0, 0.05) is 25.6 Å². The molecule has 0 aliphatic carbocycles. The van der Waals surface area contributed by atoms with Crippen molar-refractivity contribution >= 4 is 11.7 Å². The predicted molar refractivity (Wildman–Crippen MR) is 78.7 cm³/mol. The molecular weight excluding hydrogens is 273 g/mol. The molecule has 2 heterocycles. The first-order valence-corrected chi connectivity index (χ1v) is 7.39. The zero-order valence-electron chi connectivity index (χ0n) is 12.5. The van der Waals surface area contributed by atoms with Crippen LogP contribution in [0.4, 0.5) is 10.2 Å². The van der Waals surface area contributed by atoms with Crippen molar-refractivity contribution in [3.63, 3.8) is 0 Å². The van der Waals surface area contributed by atoms with Crippen LogP contribution in [0.15, 0.2) is 12.3 Å². The van der Waals surface area contributed by atoms with Crippen LogP contribution in [0.2, 0.25) is 0 Å². The lowest BCUT2D eigenvalue weighted by molar-refractivity contribution is 0.0762. The SMILES string of the molecule is CCCNc1ncc(F)cc1C(=O)N1CCC(C(C)O)C1. The van der Waals surface area contributed by atoms with E-state index in [4.69, 9.17) is 0 Å². The van der Waals surface area contributed by atoms with Crippen molar-refractivity contribution in [3.8, 4) is 0 Å². The number of rotatable bonds is 5. The normalized spacial score (nSPS) is 19.6. The summed E-state index contributed by atoms with van der Waals surface area (Å²) in [6, 6.07) is 1.23. The molecule has 6 heteroatoms. The van der Waals surface area contributed by atoms with E-state index in [1.165, 1.54) is 6.07 Å². The van der Waals surface area contributed by atoms with E-state index >= 15 is 0 Å². The van der Waals surface area contributed by atoms with Crippen molar-refractivity contribution in [2.45, 2.75) is 32.8 Å². The largest absolute Gasteiger partial charge is 0.393 e. The summed E-state index contributed by atoms with van der Waals surface area (Å²) >= 11 is 0. The molecule has 5 nitrogen and oxygen atoms in total. The number of nitrogens with one attached hydrogen (secondary N) is 1. The lowest BCUT2D eigenvalue weighted by atomic mass is 10.0. The first-order chi connectivity index (χ1) is 10.0. The number of aromatic nitrogens is 1. The van der Waals surface area contributed by atoms with Crippen LogP contribution < -0.4 is 5.32 Å². The van der Waals surface area contributed by atoms with Gasteiger partial charge in [0.05, 0.1) is 17.9 Å². The van der Waals surface area contributed by atoms with Crippen LogP contribution in [0.3, 0.4) is 0 Å². The van der Waals surface area contributed by atoms with Crippen LogP contribution in [0, 0.1) is 11.7 Å². The van der Waals surface area contributed by atoms with Gasteiger partial charge in [-0.15, -0.1) is 0 Å². The van der Waals surface area contributed by atoms with Crippen molar-refractivity contribution in [1.29, 1.82) is 0 Å². The van der Waals surface area contributed by atoms with Gasteiger partial charge < -0.3 is 15.3 Å². The molecule has 1 aliphatic rings. The molecule has 0 radical (unpaired) electrons. The monoisotopic (exact) mass is 295 g/mol. The minimum atomic E-state index is -0.522. The first-order valence-electron chi connectivity index (χ1n) is 7.39. The van der Waals surface area contributed by atoms with E-state index in [-0.39, 0.29) is 17.4 Å². The van der Waals surface area contributed by atoms with Gasteiger partial charge in [-0.25, -0.2) is 9.37 Å². The highest BCUT2D eigenvalue weighted by Gasteiger charge is 2.30. The third-order valence-electron chi connectivity index (χ3n) is 3.82. The fourth-order valence-electron chi connectivity index (χ4n) is 2.52. The molecule has 2 rings (SSSR count). The third-order valence-corrected chi connectivity index (χ3v) is 3.82. The van der Waals surface area contributed by atoms with Crippen LogP contribution in [-0.2, 0) is 0 Å². The van der Waals surface area contributed by atoms with Crippen molar-refractivity contribution in [2.24, 2.45) is 5.92 Å². The van der Waals surface area contributed by atoms with Gasteiger partial charge in [0.2, 0.25) is 0 Å². The number of nitrogens with zero attached hydrogens (tertiary/aromatic N) is 2. The second-order valence-electron chi connectivity index (χ2n) is 5.52. The standard InChI is InChI=1S/C15H22FN3O2/c1-3-5-17-14-13(7-12(16)8-18-14)15(21)19-6-4-11(9-19)10(2)20/h7-8,10-11,20H,3-6,9H2,1-2H3,(H,17,18). The number of hydrogen-bond acceptors (Lipinski definition) is 4. The van der Waals surface area contributed by atoms with Gasteiger partial charge in [0.1, 0.15) is 11.6 Å². The van der Waals surface area contributed by atoms with E-state index in [1.807, 2.05) is 6.92 Å². The average molecular weight is 295 g/mol. The molecule has 2 atom stereocenters. The molecule has 2 N–H and O–H groups in total. The van der Waals surface area contributed by atoms with Crippen LogP contribution in [0.5, 0.6) is 0 Å². The Labute approximate surface area is 124 Å². The Kier molecular flexibility index (Phi) is 5.12. The second-order valence-corrected chi connectivity index (χ2v) is 5.52. The van der Waals surface area contributed by atoms with Crippen LogP contribution in [0.1, 0.15) is 37.0 Å². The highest BCUT2D eigenvalue weighted by molar-refractivity contribution is 5.98. The van der Waals surface area contributed by atoms with Crippen LogP contribution in [0.25, 0.3) is 0 Å². The number of aliphatic hydroxyl groups excluding tert-OH is 1. The van der Waals surface area contributed by atoms with E-state index in [9.17, 15) is 14.3 Å². The summed E-state index contributed by atoms with van der Waals surface area (Å²) in [7, 11) is 0. The van der Waals surface area contributed by atoms with Gasteiger partial charge in [-0.2, -0.15) is 0 Å². The smallest absolute Gasteiger partial charge is 0.257 e. The fourth-order valence-corrected chi connectivity index (χ4v) is 2.52. The molecule has 2 unspecified atom stereocenters. The Balaban J connectivity index is 2.16. The zero-order chi connectivity index (χ0) is 15.4. The lowest BCUT2D eigenvalue weighted by Crippen LogP contribution is -2.31. The number of halogens is 1. The Bertz CT molecular complexity index is 508. The Morgan fingerprint density at radius 1 is 1.67 bits per heavy atom. The fraction of sp³-hybridized carbons (Fsp3) is 0.600. The van der Waals surface area contributed by atoms with E-state index in [2.05, 4.69) is 10.3 Å².